The zero-order valence-electron chi connectivity index (χ0n) is 11.0. The largest absolute Gasteiger partial charge is 0.380 e. The fraction of sp³-hybridized carbons (Fsp3) is 0.571. The molecule has 1 rings (SSSR count). The van der Waals surface area contributed by atoms with Gasteiger partial charge in [0.2, 0.25) is 0 Å². The molecule has 0 aliphatic carbocycles. The highest BCUT2D eigenvalue weighted by Gasteiger charge is 2.02. The van der Waals surface area contributed by atoms with E-state index in [4.69, 9.17) is 4.74 Å². The van der Waals surface area contributed by atoms with Gasteiger partial charge in [0, 0.05) is 25.3 Å². The van der Waals surface area contributed by atoms with Gasteiger partial charge in [0.1, 0.15) is 11.6 Å². The van der Waals surface area contributed by atoms with Crippen LogP contribution in [0.25, 0.3) is 0 Å². The van der Waals surface area contributed by atoms with Crippen molar-refractivity contribution >= 4 is 0 Å². The van der Waals surface area contributed by atoms with Gasteiger partial charge in [0.15, 0.2) is 0 Å². The molecule has 2 nitrogen and oxygen atoms in total. The van der Waals surface area contributed by atoms with Gasteiger partial charge >= 0.3 is 0 Å². The average Bonchev–Trinajstić information content (AvgIpc) is 2.32. The van der Waals surface area contributed by atoms with Crippen molar-refractivity contribution in [2.24, 2.45) is 5.92 Å². The maximum absolute atomic E-state index is 13.3. The van der Waals surface area contributed by atoms with Crippen LogP contribution in [0.1, 0.15) is 25.8 Å². The summed E-state index contributed by atoms with van der Waals surface area (Å²) in [5.74, 6) is -0.162. The van der Waals surface area contributed by atoms with Crippen molar-refractivity contribution in [2.45, 2.75) is 26.8 Å². The van der Waals surface area contributed by atoms with Gasteiger partial charge in [0.25, 0.3) is 0 Å². The van der Waals surface area contributed by atoms with E-state index in [-0.39, 0.29) is 5.82 Å². The summed E-state index contributed by atoms with van der Waals surface area (Å²) in [6.45, 7) is 6.57. The Labute approximate surface area is 107 Å². The predicted molar refractivity (Wildman–Crippen MR) is 68.3 cm³/mol. The lowest BCUT2D eigenvalue weighted by molar-refractivity contribution is 0.125. The summed E-state index contributed by atoms with van der Waals surface area (Å²) < 4.78 is 31.5. The zero-order valence-corrected chi connectivity index (χ0v) is 11.0. The van der Waals surface area contributed by atoms with E-state index < -0.39 is 5.82 Å². The van der Waals surface area contributed by atoms with Crippen LogP contribution in [0, 0.1) is 17.6 Å². The molecule has 0 aromatic heterocycles. The van der Waals surface area contributed by atoms with Gasteiger partial charge in [-0.25, -0.2) is 8.78 Å². The molecule has 1 N–H and O–H groups in total. The number of benzene rings is 1. The summed E-state index contributed by atoms with van der Waals surface area (Å²) in [6, 6.07) is 3.47. The van der Waals surface area contributed by atoms with Crippen LogP contribution in [0.2, 0.25) is 0 Å². The fourth-order valence-corrected chi connectivity index (χ4v) is 1.47. The minimum Gasteiger partial charge on any atom is -0.380 e. The fourth-order valence-electron chi connectivity index (χ4n) is 1.47. The maximum Gasteiger partial charge on any atom is 0.127 e. The molecule has 0 bridgehead atoms. The second kappa shape index (κ2) is 8.16. The molecule has 0 unspecified atom stereocenters. The van der Waals surface area contributed by atoms with Gasteiger partial charge in [-0.3, -0.25) is 0 Å². The van der Waals surface area contributed by atoms with E-state index in [0.717, 1.165) is 25.2 Å². The number of ether oxygens (including phenoxy) is 1. The summed E-state index contributed by atoms with van der Waals surface area (Å²) in [5.41, 5.74) is 0.345. The second-order valence-electron chi connectivity index (χ2n) is 4.71. The van der Waals surface area contributed by atoms with Crippen LogP contribution >= 0.6 is 0 Å². The van der Waals surface area contributed by atoms with E-state index in [0.29, 0.717) is 31.2 Å². The van der Waals surface area contributed by atoms with Gasteiger partial charge in [-0.05, 0) is 30.5 Å². The average molecular weight is 257 g/mol. The van der Waals surface area contributed by atoms with E-state index in [1.54, 1.807) is 0 Å². The SMILES string of the molecule is CC(C)CCOCCNCc1cc(F)ccc1F. The lowest BCUT2D eigenvalue weighted by Gasteiger charge is -2.08. The first kappa shape index (κ1) is 15.1. The molecule has 0 amide bonds. The Morgan fingerprint density at radius 2 is 2.00 bits per heavy atom. The Hall–Kier alpha value is -1.00. The highest BCUT2D eigenvalue weighted by atomic mass is 19.1. The Morgan fingerprint density at radius 3 is 2.72 bits per heavy atom. The van der Waals surface area contributed by atoms with Crippen molar-refractivity contribution in [3.8, 4) is 0 Å². The summed E-state index contributed by atoms with van der Waals surface area (Å²) >= 11 is 0. The van der Waals surface area contributed by atoms with Gasteiger partial charge in [-0.2, -0.15) is 0 Å². The monoisotopic (exact) mass is 257 g/mol. The molecular formula is C14H21F2NO. The van der Waals surface area contributed by atoms with Gasteiger partial charge in [-0.15, -0.1) is 0 Å². The number of rotatable bonds is 8. The van der Waals surface area contributed by atoms with E-state index in [1.807, 2.05) is 0 Å². The Morgan fingerprint density at radius 1 is 1.22 bits per heavy atom. The minimum absolute atomic E-state index is 0.317. The van der Waals surface area contributed by atoms with Crippen molar-refractivity contribution in [3.05, 3.63) is 35.4 Å². The van der Waals surface area contributed by atoms with Crippen LogP contribution in [0.15, 0.2) is 18.2 Å². The van der Waals surface area contributed by atoms with E-state index in [2.05, 4.69) is 19.2 Å². The van der Waals surface area contributed by atoms with Crippen molar-refractivity contribution in [3.63, 3.8) is 0 Å². The molecule has 0 spiro atoms. The quantitative estimate of drug-likeness (QED) is 0.722. The van der Waals surface area contributed by atoms with Crippen LogP contribution in [0.5, 0.6) is 0 Å². The first-order valence-electron chi connectivity index (χ1n) is 6.32. The highest BCUT2D eigenvalue weighted by Crippen LogP contribution is 2.08. The molecule has 0 atom stereocenters. The van der Waals surface area contributed by atoms with E-state index in [9.17, 15) is 8.78 Å². The summed E-state index contributed by atoms with van der Waals surface area (Å²) in [5, 5.41) is 3.03. The number of hydrogen-bond acceptors (Lipinski definition) is 2. The Balaban J connectivity index is 2.12. The molecular weight excluding hydrogens is 236 g/mol. The third-order valence-electron chi connectivity index (χ3n) is 2.59. The molecule has 0 saturated carbocycles. The topological polar surface area (TPSA) is 21.3 Å². The van der Waals surface area contributed by atoms with Gasteiger partial charge < -0.3 is 10.1 Å². The Kier molecular flexibility index (Phi) is 6.83. The molecule has 1 aromatic rings. The third kappa shape index (κ3) is 6.07. The normalized spacial score (nSPS) is 11.2. The molecule has 0 heterocycles. The molecule has 0 saturated heterocycles. The molecule has 0 aliphatic rings. The molecule has 0 fully saturated rings. The highest BCUT2D eigenvalue weighted by molar-refractivity contribution is 5.18. The van der Waals surface area contributed by atoms with Crippen molar-refractivity contribution < 1.29 is 13.5 Å². The lowest BCUT2D eigenvalue weighted by atomic mass is 10.1. The molecule has 1 aromatic carbocycles. The van der Waals surface area contributed by atoms with Crippen LogP contribution in [-0.2, 0) is 11.3 Å². The standard InChI is InChI=1S/C14H21F2NO/c1-11(2)5-7-18-8-6-17-10-12-9-13(15)3-4-14(12)16/h3-4,9,11,17H,5-8,10H2,1-2H3. The third-order valence-corrected chi connectivity index (χ3v) is 2.59. The van der Waals surface area contributed by atoms with Crippen LogP contribution in [0.4, 0.5) is 8.78 Å². The van der Waals surface area contributed by atoms with E-state index in [1.165, 1.54) is 6.07 Å². The zero-order chi connectivity index (χ0) is 13.4. The predicted octanol–water partition coefficient (Wildman–Crippen LogP) is 3.12. The van der Waals surface area contributed by atoms with Crippen LogP contribution < -0.4 is 5.32 Å². The van der Waals surface area contributed by atoms with Gasteiger partial charge in [0.05, 0.1) is 6.61 Å². The van der Waals surface area contributed by atoms with Crippen molar-refractivity contribution in [1.29, 1.82) is 0 Å². The molecule has 102 valence electrons. The first-order chi connectivity index (χ1) is 8.59. The minimum atomic E-state index is -0.415. The number of nitrogens with one attached hydrogen (secondary N) is 1. The van der Waals surface area contributed by atoms with Crippen molar-refractivity contribution in [2.75, 3.05) is 19.8 Å². The van der Waals surface area contributed by atoms with Gasteiger partial charge in [-0.1, -0.05) is 13.8 Å². The molecule has 0 aliphatic heterocycles. The second-order valence-corrected chi connectivity index (χ2v) is 4.71. The molecule has 18 heavy (non-hydrogen) atoms. The van der Waals surface area contributed by atoms with Crippen molar-refractivity contribution in [1.82, 2.24) is 5.32 Å². The van der Waals surface area contributed by atoms with E-state index >= 15 is 0 Å². The number of hydrogen-bond donors (Lipinski definition) is 1. The summed E-state index contributed by atoms with van der Waals surface area (Å²) in [7, 11) is 0. The summed E-state index contributed by atoms with van der Waals surface area (Å²) in [6.07, 6.45) is 1.04. The maximum atomic E-state index is 13.3. The Bertz CT molecular complexity index is 356. The molecule has 4 heteroatoms. The number of halogens is 2. The lowest BCUT2D eigenvalue weighted by Crippen LogP contribution is -2.20. The smallest absolute Gasteiger partial charge is 0.127 e. The first-order valence-corrected chi connectivity index (χ1v) is 6.32. The van der Waals surface area contributed by atoms with Crippen LogP contribution in [-0.4, -0.2) is 19.8 Å². The molecule has 0 radical (unpaired) electrons. The van der Waals surface area contributed by atoms with Crippen LogP contribution in [0.3, 0.4) is 0 Å². The summed E-state index contributed by atoms with van der Waals surface area (Å²) in [4.78, 5) is 0.